The van der Waals surface area contributed by atoms with Crippen molar-refractivity contribution in [3.05, 3.63) is 46.1 Å². The van der Waals surface area contributed by atoms with E-state index in [-0.39, 0.29) is 11.6 Å². The highest BCUT2D eigenvalue weighted by atomic mass is 32.1. The van der Waals surface area contributed by atoms with Crippen molar-refractivity contribution in [2.45, 2.75) is 6.92 Å². The summed E-state index contributed by atoms with van der Waals surface area (Å²) in [6.07, 6.45) is 1.17. The molecule has 0 amide bonds. The van der Waals surface area contributed by atoms with Crippen molar-refractivity contribution in [3.8, 4) is 0 Å². The van der Waals surface area contributed by atoms with Gasteiger partial charge in [0.05, 0.1) is 22.8 Å². The standard InChI is InChI=1S/C12H11N3O4S/c1-2-19-11(16)8-5-3-4-6-9(8)14-12-13-7-10(20-12)15(17)18/h3-7H,2H2,1H3,(H,13,14). The average molecular weight is 293 g/mol. The lowest BCUT2D eigenvalue weighted by Gasteiger charge is -2.08. The van der Waals surface area contributed by atoms with Crippen LogP contribution in [0.5, 0.6) is 0 Å². The van der Waals surface area contributed by atoms with Crippen LogP contribution in [0.4, 0.5) is 15.8 Å². The van der Waals surface area contributed by atoms with E-state index < -0.39 is 10.9 Å². The van der Waals surface area contributed by atoms with Crippen molar-refractivity contribution in [2.24, 2.45) is 0 Å². The van der Waals surface area contributed by atoms with Crippen molar-refractivity contribution in [3.63, 3.8) is 0 Å². The highest BCUT2D eigenvalue weighted by molar-refractivity contribution is 7.18. The molecule has 0 bridgehead atoms. The number of thiazole rings is 1. The molecule has 2 rings (SSSR count). The minimum atomic E-state index is -0.514. The molecule has 0 radical (unpaired) electrons. The van der Waals surface area contributed by atoms with Gasteiger partial charge >= 0.3 is 11.0 Å². The summed E-state index contributed by atoms with van der Waals surface area (Å²) in [6.45, 7) is 1.99. The zero-order valence-corrected chi connectivity index (χ0v) is 11.3. The Morgan fingerprint density at radius 1 is 1.50 bits per heavy atom. The van der Waals surface area contributed by atoms with Gasteiger partial charge in [0.2, 0.25) is 0 Å². The quantitative estimate of drug-likeness (QED) is 0.517. The van der Waals surface area contributed by atoms with Crippen LogP contribution in [0.15, 0.2) is 30.5 Å². The van der Waals surface area contributed by atoms with Gasteiger partial charge in [0.25, 0.3) is 0 Å². The lowest BCUT2D eigenvalue weighted by molar-refractivity contribution is -0.380. The van der Waals surface area contributed by atoms with Gasteiger partial charge in [-0.15, -0.1) is 0 Å². The largest absolute Gasteiger partial charge is 0.462 e. The van der Waals surface area contributed by atoms with Crippen LogP contribution in [0.3, 0.4) is 0 Å². The number of anilines is 2. The molecule has 7 nitrogen and oxygen atoms in total. The molecule has 0 fully saturated rings. The van der Waals surface area contributed by atoms with Gasteiger partial charge in [-0.3, -0.25) is 10.1 Å². The van der Waals surface area contributed by atoms with E-state index in [1.807, 2.05) is 0 Å². The first-order valence-corrected chi connectivity index (χ1v) is 6.57. The summed E-state index contributed by atoms with van der Waals surface area (Å²) in [6, 6.07) is 6.75. The molecule has 0 aliphatic rings. The van der Waals surface area contributed by atoms with E-state index in [2.05, 4.69) is 10.3 Å². The third-order valence-electron chi connectivity index (χ3n) is 2.34. The lowest BCUT2D eigenvalue weighted by Crippen LogP contribution is -2.07. The minimum Gasteiger partial charge on any atom is -0.462 e. The Morgan fingerprint density at radius 2 is 2.25 bits per heavy atom. The number of para-hydroxylation sites is 1. The van der Waals surface area contributed by atoms with Crippen molar-refractivity contribution >= 4 is 33.1 Å². The molecule has 20 heavy (non-hydrogen) atoms. The Balaban J connectivity index is 2.24. The molecular formula is C12H11N3O4S. The number of benzene rings is 1. The van der Waals surface area contributed by atoms with Crippen LogP contribution >= 0.6 is 11.3 Å². The molecular weight excluding hydrogens is 282 g/mol. The summed E-state index contributed by atoms with van der Waals surface area (Å²) < 4.78 is 4.95. The smallest absolute Gasteiger partial charge is 0.345 e. The summed E-state index contributed by atoms with van der Waals surface area (Å²) in [4.78, 5) is 25.8. The normalized spacial score (nSPS) is 10.1. The third kappa shape index (κ3) is 3.09. The Labute approximate surface area is 118 Å². The summed E-state index contributed by atoms with van der Waals surface area (Å²) in [5.41, 5.74) is 0.849. The van der Waals surface area contributed by atoms with Gasteiger partial charge in [0.1, 0.15) is 6.20 Å². The fourth-order valence-electron chi connectivity index (χ4n) is 1.50. The first kappa shape index (κ1) is 13.9. The average Bonchev–Trinajstić information content (AvgIpc) is 2.88. The van der Waals surface area contributed by atoms with Gasteiger partial charge in [-0.1, -0.05) is 12.1 Å². The van der Waals surface area contributed by atoms with Crippen LogP contribution in [0.2, 0.25) is 0 Å². The SMILES string of the molecule is CCOC(=O)c1ccccc1Nc1ncc([N+](=O)[O-])s1. The minimum absolute atomic E-state index is 0.0684. The monoisotopic (exact) mass is 293 g/mol. The van der Waals surface area contributed by atoms with Crippen molar-refractivity contribution < 1.29 is 14.5 Å². The van der Waals surface area contributed by atoms with Crippen LogP contribution < -0.4 is 5.32 Å². The predicted octanol–water partition coefficient (Wildman–Crippen LogP) is 2.97. The Bertz CT molecular complexity index is 641. The van der Waals surface area contributed by atoms with Crippen LogP contribution in [-0.2, 0) is 4.74 Å². The van der Waals surface area contributed by atoms with Crippen LogP contribution in [0, 0.1) is 10.1 Å². The van der Waals surface area contributed by atoms with E-state index in [1.165, 1.54) is 6.20 Å². The number of nitrogens with zero attached hydrogens (tertiary/aromatic N) is 2. The summed E-state index contributed by atoms with van der Waals surface area (Å²) in [5, 5.41) is 13.8. The molecule has 0 saturated carbocycles. The van der Waals surface area contributed by atoms with Crippen LogP contribution in [0.25, 0.3) is 0 Å². The molecule has 104 valence electrons. The maximum atomic E-state index is 11.8. The molecule has 1 N–H and O–H groups in total. The molecule has 2 aromatic rings. The van der Waals surface area contributed by atoms with Crippen LogP contribution in [-0.4, -0.2) is 22.5 Å². The van der Waals surface area contributed by atoms with Gasteiger partial charge in [-0.05, 0) is 30.4 Å². The van der Waals surface area contributed by atoms with Gasteiger partial charge in [0, 0.05) is 0 Å². The molecule has 0 saturated heterocycles. The number of ether oxygens (including phenoxy) is 1. The van der Waals surface area contributed by atoms with Gasteiger partial charge in [-0.25, -0.2) is 9.78 Å². The number of carbonyl (C=O) groups excluding carboxylic acids is 1. The second kappa shape index (κ2) is 6.11. The molecule has 1 heterocycles. The first-order valence-electron chi connectivity index (χ1n) is 5.75. The van der Waals surface area contributed by atoms with Gasteiger partial charge in [0.15, 0.2) is 5.13 Å². The summed E-state index contributed by atoms with van der Waals surface area (Å²) in [5.74, 6) is -0.457. The molecule has 1 aromatic heterocycles. The maximum Gasteiger partial charge on any atom is 0.345 e. The van der Waals surface area contributed by atoms with Crippen LogP contribution in [0.1, 0.15) is 17.3 Å². The molecule has 0 unspecified atom stereocenters. The fourth-order valence-corrected chi connectivity index (χ4v) is 2.15. The lowest BCUT2D eigenvalue weighted by atomic mass is 10.2. The predicted molar refractivity (Wildman–Crippen MR) is 74.4 cm³/mol. The van der Waals surface area contributed by atoms with Gasteiger partial charge in [-0.2, -0.15) is 0 Å². The zero-order chi connectivity index (χ0) is 14.5. The summed E-state index contributed by atoms with van der Waals surface area (Å²) in [7, 11) is 0. The highest BCUT2D eigenvalue weighted by Crippen LogP contribution is 2.29. The second-order valence-electron chi connectivity index (χ2n) is 3.65. The third-order valence-corrected chi connectivity index (χ3v) is 3.20. The fraction of sp³-hybridized carbons (Fsp3) is 0.167. The zero-order valence-electron chi connectivity index (χ0n) is 10.5. The van der Waals surface area contributed by atoms with E-state index in [1.54, 1.807) is 31.2 Å². The summed E-state index contributed by atoms with van der Waals surface area (Å²) >= 11 is 0.896. The maximum absolute atomic E-state index is 11.8. The number of nitro groups is 1. The Kier molecular flexibility index (Phi) is 4.26. The first-order chi connectivity index (χ1) is 9.61. The highest BCUT2D eigenvalue weighted by Gasteiger charge is 2.15. The molecule has 0 spiro atoms. The molecule has 1 aromatic carbocycles. The number of nitrogens with one attached hydrogen (secondary N) is 1. The van der Waals surface area contributed by atoms with Crippen molar-refractivity contribution in [2.75, 3.05) is 11.9 Å². The molecule has 0 aliphatic carbocycles. The number of esters is 1. The van der Waals surface area contributed by atoms with E-state index in [0.717, 1.165) is 11.3 Å². The van der Waals surface area contributed by atoms with Gasteiger partial charge < -0.3 is 10.1 Å². The van der Waals surface area contributed by atoms with Crippen molar-refractivity contribution in [1.29, 1.82) is 0 Å². The van der Waals surface area contributed by atoms with E-state index in [0.29, 0.717) is 16.4 Å². The second-order valence-corrected chi connectivity index (χ2v) is 4.66. The molecule has 0 aliphatic heterocycles. The number of hydrogen-bond acceptors (Lipinski definition) is 7. The molecule has 0 atom stereocenters. The van der Waals surface area contributed by atoms with E-state index in [4.69, 9.17) is 4.74 Å². The number of carbonyl (C=O) groups is 1. The number of aromatic nitrogens is 1. The topological polar surface area (TPSA) is 94.4 Å². The number of hydrogen-bond donors (Lipinski definition) is 1. The van der Waals surface area contributed by atoms with E-state index >= 15 is 0 Å². The Hall–Kier alpha value is -2.48. The van der Waals surface area contributed by atoms with E-state index in [9.17, 15) is 14.9 Å². The van der Waals surface area contributed by atoms with Crippen molar-refractivity contribution in [1.82, 2.24) is 4.98 Å². The molecule has 8 heteroatoms. The number of rotatable bonds is 5. The Morgan fingerprint density at radius 3 is 2.90 bits per heavy atom.